The monoisotopic (exact) mass is 436 g/mol. The highest BCUT2D eigenvalue weighted by Gasteiger charge is 2.24. The molecule has 0 aliphatic heterocycles. The van der Waals surface area contributed by atoms with Gasteiger partial charge in [-0.05, 0) is 65.3 Å². The Hall–Kier alpha value is -3.22. The zero-order valence-corrected chi connectivity index (χ0v) is 19.9. The van der Waals surface area contributed by atoms with E-state index in [1.807, 2.05) is 52.0 Å². The van der Waals surface area contributed by atoms with Gasteiger partial charge in [-0.3, -0.25) is 9.59 Å². The van der Waals surface area contributed by atoms with Crippen LogP contribution in [0.3, 0.4) is 0 Å². The van der Waals surface area contributed by atoms with E-state index in [1.165, 1.54) is 6.92 Å². The van der Waals surface area contributed by atoms with Crippen LogP contribution in [0.4, 0.5) is 0 Å². The molecule has 0 radical (unpaired) electrons. The molecule has 0 aliphatic carbocycles. The first-order valence-corrected chi connectivity index (χ1v) is 11.2. The van der Waals surface area contributed by atoms with E-state index in [2.05, 4.69) is 6.92 Å². The molecule has 7 nitrogen and oxygen atoms in total. The Morgan fingerprint density at radius 2 is 1.72 bits per heavy atom. The number of fused-ring (bicyclic) bond motifs is 1. The minimum Gasteiger partial charge on any atom is -0.494 e. The summed E-state index contributed by atoms with van der Waals surface area (Å²) in [4.78, 5) is 31.7. The Kier molecular flexibility index (Phi) is 7.28. The number of amides is 1. The van der Waals surface area contributed by atoms with Crippen LogP contribution in [0.1, 0.15) is 61.4 Å². The summed E-state index contributed by atoms with van der Waals surface area (Å²) < 4.78 is 7.40. The van der Waals surface area contributed by atoms with Gasteiger partial charge in [0.05, 0.1) is 35.7 Å². The summed E-state index contributed by atoms with van der Waals surface area (Å²) in [6.45, 7) is 13.2. The molecular formula is C25H32N4O3. The van der Waals surface area contributed by atoms with Crippen molar-refractivity contribution >= 4 is 17.3 Å². The smallest absolute Gasteiger partial charge is 0.227 e. The molecule has 3 aromatic rings. The summed E-state index contributed by atoms with van der Waals surface area (Å²) in [5, 5.41) is 4.81. The quantitative estimate of drug-likeness (QED) is 0.464. The number of ether oxygens (including phenoxy) is 1. The predicted molar refractivity (Wildman–Crippen MR) is 125 cm³/mol. The van der Waals surface area contributed by atoms with Gasteiger partial charge in [-0.2, -0.15) is 5.10 Å². The van der Waals surface area contributed by atoms with Crippen molar-refractivity contribution in [2.75, 3.05) is 19.7 Å². The molecule has 0 fully saturated rings. The van der Waals surface area contributed by atoms with Crippen LogP contribution in [0.2, 0.25) is 0 Å². The van der Waals surface area contributed by atoms with Crippen LogP contribution in [-0.4, -0.2) is 50.9 Å². The SMILES string of the molecule is CCCOc1ccc(-c2nn3c(C)c(C(C)=O)c(C)nc3c2CC(=O)N(CC)CC)cc1. The van der Waals surface area contributed by atoms with Gasteiger partial charge in [0.15, 0.2) is 11.4 Å². The number of rotatable bonds is 9. The highest BCUT2D eigenvalue weighted by molar-refractivity contribution is 5.96. The lowest BCUT2D eigenvalue weighted by atomic mass is 10.0. The van der Waals surface area contributed by atoms with Gasteiger partial charge in [0.2, 0.25) is 5.91 Å². The van der Waals surface area contributed by atoms with Gasteiger partial charge in [0.1, 0.15) is 5.75 Å². The first-order valence-electron chi connectivity index (χ1n) is 11.2. The minimum atomic E-state index is -0.0513. The Labute approximate surface area is 189 Å². The number of likely N-dealkylation sites (N-methyl/N-ethyl adjacent to an activating group) is 1. The van der Waals surface area contributed by atoms with Crippen LogP contribution in [0.5, 0.6) is 5.75 Å². The Morgan fingerprint density at radius 1 is 1.06 bits per heavy atom. The van der Waals surface area contributed by atoms with Gasteiger partial charge in [-0.15, -0.1) is 0 Å². The number of ketones is 1. The zero-order valence-electron chi connectivity index (χ0n) is 19.9. The van der Waals surface area contributed by atoms with Crippen LogP contribution >= 0.6 is 0 Å². The maximum Gasteiger partial charge on any atom is 0.227 e. The molecule has 2 heterocycles. The van der Waals surface area contributed by atoms with E-state index in [-0.39, 0.29) is 18.1 Å². The first kappa shape index (κ1) is 23.4. The van der Waals surface area contributed by atoms with Crippen molar-refractivity contribution in [1.82, 2.24) is 19.5 Å². The van der Waals surface area contributed by atoms with Crippen molar-refractivity contribution in [3.63, 3.8) is 0 Å². The molecule has 0 atom stereocenters. The molecule has 32 heavy (non-hydrogen) atoms. The first-order chi connectivity index (χ1) is 15.3. The second kappa shape index (κ2) is 9.94. The zero-order chi connectivity index (χ0) is 23.4. The maximum absolute atomic E-state index is 13.0. The van der Waals surface area contributed by atoms with E-state index in [4.69, 9.17) is 14.8 Å². The Bertz CT molecular complexity index is 1130. The van der Waals surface area contributed by atoms with Gasteiger partial charge in [-0.25, -0.2) is 9.50 Å². The van der Waals surface area contributed by atoms with E-state index in [0.717, 1.165) is 29.0 Å². The van der Waals surface area contributed by atoms with Gasteiger partial charge < -0.3 is 9.64 Å². The molecule has 2 aromatic heterocycles. The summed E-state index contributed by atoms with van der Waals surface area (Å²) in [6.07, 6.45) is 1.13. The molecule has 7 heteroatoms. The number of carbonyl (C=O) groups is 2. The molecule has 0 saturated heterocycles. The molecule has 1 amide bonds. The van der Waals surface area contributed by atoms with Crippen LogP contribution in [0.15, 0.2) is 24.3 Å². The summed E-state index contributed by atoms with van der Waals surface area (Å²) >= 11 is 0. The van der Waals surface area contributed by atoms with Crippen LogP contribution in [0.25, 0.3) is 16.9 Å². The summed E-state index contributed by atoms with van der Waals surface area (Å²) in [7, 11) is 0. The summed E-state index contributed by atoms with van der Waals surface area (Å²) in [5.41, 5.74) is 4.90. The van der Waals surface area contributed by atoms with E-state index in [1.54, 1.807) is 9.42 Å². The lowest BCUT2D eigenvalue weighted by Crippen LogP contribution is -2.31. The fourth-order valence-electron chi connectivity index (χ4n) is 4.05. The van der Waals surface area contributed by atoms with E-state index in [9.17, 15) is 9.59 Å². The minimum absolute atomic E-state index is 0.0294. The standard InChI is InChI=1S/C25H32N4O3/c1-7-14-32-20-12-10-19(11-13-20)24-21(15-22(31)28(8-2)9-3)25-26-16(4)23(18(6)30)17(5)29(25)27-24/h10-13H,7-9,14-15H2,1-6H3. The second-order valence-electron chi connectivity index (χ2n) is 7.89. The molecule has 170 valence electrons. The average Bonchev–Trinajstić information content (AvgIpc) is 3.11. The topological polar surface area (TPSA) is 76.8 Å². The van der Waals surface area contributed by atoms with Crippen molar-refractivity contribution in [2.45, 2.75) is 54.4 Å². The van der Waals surface area contributed by atoms with Crippen molar-refractivity contribution < 1.29 is 14.3 Å². The lowest BCUT2D eigenvalue weighted by molar-refractivity contribution is -0.130. The van der Waals surface area contributed by atoms with Gasteiger partial charge in [0, 0.05) is 24.2 Å². The van der Waals surface area contributed by atoms with Crippen LogP contribution in [-0.2, 0) is 11.2 Å². The number of hydrogen-bond acceptors (Lipinski definition) is 5. The Morgan fingerprint density at radius 3 is 2.28 bits per heavy atom. The number of aromatic nitrogens is 3. The lowest BCUT2D eigenvalue weighted by Gasteiger charge is -2.18. The van der Waals surface area contributed by atoms with E-state index >= 15 is 0 Å². The van der Waals surface area contributed by atoms with Crippen LogP contribution < -0.4 is 4.74 Å². The molecule has 0 aliphatic rings. The van der Waals surface area contributed by atoms with Crippen molar-refractivity contribution in [3.05, 3.63) is 46.8 Å². The number of benzene rings is 1. The number of hydrogen-bond donors (Lipinski definition) is 0. The van der Waals surface area contributed by atoms with Crippen molar-refractivity contribution in [2.24, 2.45) is 0 Å². The summed E-state index contributed by atoms with van der Waals surface area (Å²) in [5.74, 6) is 0.774. The van der Waals surface area contributed by atoms with Crippen molar-refractivity contribution in [1.29, 1.82) is 0 Å². The van der Waals surface area contributed by atoms with E-state index in [0.29, 0.717) is 42.3 Å². The molecule has 0 unspecified atom stereocenters. The normalized spacial score (nSPS) is 11.1. The fraction of sp³-hybridized carbons (Fsp3) is 0.440. The Balaban J connectivity index is 2.18. The molecule has 0 bridgehead atoms. The highest BCUT2D eigenvalue weighted by atomic mass is 16.5. The molecule has 0 N–H and O–H groups in total. The third-order valence-electron chi connectivity index (χ3n) is 5.67. The largest absolute Gasteiger partial charge is 0.494 e. The maximum atomic E-state index is 13.0. The van der Waals surface area contributed by atoms with E-state index < -0.39 is 0 Å². The van der Waals surface area contributed by atoms with Crippen molar-refractivity contribution in [3.8, 4) is 17.0 Å². The molecule has 1 aromatic carbocycles. The molecule has 3 rings (SSSR count). The number of carbonyl (C=O) groups excluding carboxylic acids is 2. The average molecular weight is 437 g/mol. The number of Topliss-reactive ketones (excluding diaryl/α,β-unsaturated/α-hetero) is 1. The third kappa shape index (κ3) is 4.52. The number of nitrogens with zero attached hydrogens (tertiary/aromatic N) is 4. The van der Waals surface area contributed by atoms with Gasteiger partial charge in [0.25, 0.3) is 0 Å². The van der Waals surface area contributed by atoms with Gasteiger partial charge >= 0.3 is 0 Å². The number of aryl methyl sites for hydroxylation is 2. The predicted octanol–water partition coefficient (Wildman–Crippen LogP) is 4.42. The molecule has 0 saturated carbocycles. The second-order valence-corrected chi connectivity index (χ2v) is 7.89. The van der Waals surface area contributed by atoms with Crippen LogP contribution in [0, 0.1) is 13.8 Å². The molecule has 0 spiro atoms. The highest BCUT2D eigenvalue weighted by Crippen LogP contribution is 2.30. The van der Waals surface area contributed by atoms with Gasteiger partial charge in [-0.1, -0.05) is 6.92 Å². The molecular weight excluding hydrogens is 404 g/mol. The fourth-order valence-corrected chi connectivity index (χ4v) is 4.05. The summed E-state index contributed by atoms with van der Waals surface area (Å²) in [6, 6.07) is 7.73. The third-order valence-corrected chi connectivity index (χ3v) is 5.67.